The van der Waals surface area contributed by atoms with Crippen molar-refractivity contribution < 1.29 is 9.31 Å². The molecule has 23 rings (SSSR count). The summed E-state index contributed by atoms with van der Waals surface area (Å²) >= 11 is 9.89. The summed E-state index contributed by atoms with van der Waals surface area (Å²) in [4.78, 5) is 28.4. The maximum absolute atomic E-state index is 6.39. The van der Waals surface area contributed by atoms with Gasteiger partial charge in [-0.25, -0.2) is 19.9 Å². The van der Waals surface area contributed by atoms with Crippen molar-refractivity contribution in [3.8, 4) is 101 Å². The van der Waals surface area contributed by atoms with Gasteiger partial charge in [0.25, 0.3) is 0 Å². The highest BCUT2D eigenvalue weighted by atomic mass is 35.5. The monoisotopic (exact) mass is 1620 g/mol. The summed E-state index contributed by atoms with van der Waals surface area (Å²) < 4.78 is 18.0. The molecule has 3 aliphatic rings. The molecule has 0 bridgehead atoms. The first kappa shape index (κ1) is 75.7. The standard InChI is InChI=1S/C52H33N3S.C37H31BO2S.C21H14ClN3/c1-3-14-34(15-4-1)37-18-13-19-38(32-37)51-54-49(35-16-5-2-6-17-35)53-50(55-51)36-26-28-39(29-27-36)52(45-23-10-7-20-41(45)42-21-8-11-24-46(42)52)40-30-31-44-43-22-9-12-25-47(43)56-48(44)33-40;1-35(2)36(3,4)40-38(39-35)26-20-17-24(18-21-26)37(31-14-8-5-11-27(31)28-12-6-9-15-32(28)37)25-19-22-30-29-13-7-10-16-33(29)41-34(30)23-25;22-21-24-19(16-10-5-2-6-11-16)23-20(25-21)18-13-7-12-17(14-18)15-8-3-1-4-9-15/h1-33H;5-23H,1-4H3;1-14H. The lowest BCUT2D eigenvalue weighted by Gasteiger charge is -2.34. The number of thiophene rings is 2. The first-order valence-corrected chi connectivity index (χ1v) is 43.2. The van der Waals surface area contributed by atoms with Gasteiger partial charge >= 0.3 is 7.12 Å². The number of hydrogen-bond donors (Lipinski definition) is 0. The lowest BCUT2D eigenvalue weighted by Crippen LogP contribution is -2.41. The van der Waals surface area contributed by atoms with E-state index in [1.54, 1.807) is 0 Å². The number of aromatic nitrogens is 6. The molecular weight excluding hydrogens is 1550 g/mol. The van der Waals surface area contributed by atoms with Crippen LogP contribution in [0.25, 0.3) is 142 Å². The Balaban J connectivity index is 0.000000121. The smallest absolute Gasteiger partial charge is 0.399 e. The lowest BCUT2D eigenvalue weighted by atomic mass is 9.66. The van der Waals surface area contributed by atoms with Gasteiger partial charge in [0.1, 0.15) is 0 Å². The van der Waals surface area contributed by atoms with Crippen molar-refractivity contribution in [2.45, 2.75) is 49.7 Å². The van der Waals surface area contributed by atoms with Gasteiger partial charge in [0.15, 0.2) is 29.1 Å². The molecule has 0 spiro atoms. The third-order valence-electron chi connectivity index (χ3n) is 24.7. The van der Waals surface area contributed by atoms with Gasteiger partial charge in [-0.3, -0.25) is 0 Å². The number of fused-ring (bicyclic) bond motifs is 12. The Labute approximate surface area is 722 Å². The molecule has 0 radical (unpaired) electrons. The molecule has 12 heteroatoms. The molecule has 2 aliphatic carbocycles. The first-order valence-electron chi connectivity index (χ1n) is 41.2. The summed E-state index contributed by atoms with van der Waals surface area (Å²) in [6.07, 6.45) is 0. The van der Waals surface area contributed by atoms with Crippen molar-refractivity contribution in [3.63, 3.8) is 0 Å². The predicted octanol–water partition coefficient (Wildman–Crippen LogP) is 27.5. The van der Waals surface area contributed by atoms with Gasteiger partial charge in [0, 0.05) is 68.2 Å². The third kappa shape index (κ3) is 13.3. The van der Waals surface area contributed by atoms with Crippen LogP contribution in [-0.4, -0.2) is 48.2 Å². The van der Waals surface area contributed by atoms with Gasteiger partial charge in [-0.1, -0.05) is 364 Å². The predicted molar refractivity (Wildman–Crippen MR) is 505 cm³/mol. The SMILES string of the molecule is CC1(C)OB(c2ccc(C3(c4ccc5c(c4)sc4ccccc45)c4ccccc4-c4ccccc43)cc2)OC1(C)C.Clc1nc(-c2ccccc2)nc(-c2cccc(-c3ccccc3)c2)n1.c1ccc(-c2cccc(-c3nc(-c4ccccc4)nc(-c4ccc(C5(c6ccc7c(c6)sc6ccccc67)c6ccccc6-c6ccccc65)cc4)n3)c2)cc1. The molecule has 0 saturated carbocycles. The molecule has 0 amide bonds. The molecule has 582 valence electrons. The van der Waals surface area contributed by atoms with Crippen molar-refractivity contribution >= 4 is 87.2 Å². The third-order valence-corrected chi connectivity index (χ3v) is 27.2. The van der Waals surface area contributed by atoms with Crippen LogP contribution < -0.4 is 5.46 Å². The van der Waals surface area contributed by atoms with Gasteiger partial charge in [-0.15, -0.1) is 22.7 Å². The Morgan fingerprint density at radius 2 is 0.525 bits per heavy atom. The molecular formula is C110H78BClN6O2S2. The minimum atomic E-state index is -0.520. The zero-order valence-electron chi connectivity index (χ0n) is 67.4. The van der Waals surface area contributed by atoms with E-state index in [0.717, 1.165) is 55.5 Å². The van der Waals surface area contributed by atoms with E-state index in [-0.39, 0.29) is 23.6 Å². The zero-order valence-corrected chi connectivity index (χ0v) is 69.8. The highest BCUT2D eigenvalue weighted by molar-refractivity contribution is 7.26. The average Bonchev–Trinajstić information content (AvgIpc) is 1.53. The molecule has 5 heterocycles. The van der Waals surface area contributed by atoms with E-state index < -0.39 is 10.8 Å². The van der Waals surface area contributed by atoms with E-state index in [2.05, 4.69) is 358 Å². The fraction of sp³-hybridized carbons (Fsp3) is 0.0727. The van der Waals surface area contributed by atoms with E-state index in [1.807, 2.05) is 108 Å². The number of halogens is 1. The summed E-state index contributed by atoms with van der Waals surface area (Å²) in [5.41, 5.74) is 23.9. The highest BCUT2D eigenvalue weighted by Gasteiger charge is 2.53. The summed E-state index contributed by atoms with van der Waals surface area (Å²) in [5, 5.41) is 5.44. The van der Waals surface area contributed by atoms with Crippen molar-refractivity contribution in [1.29, 1.82) is 0 Å². The second-order valence-corrected chi connectivity index (χ2v) is 34.8. The van der Waals surface area contributed by atoms with Crippen molar-refractivity contribution in [1.82, 2.24) is 29.9 Å². The van der Waals surface area contributed by atoms with Crippen LogP contribution in [0, 0.1) is 0 Å². The van der Waals surface area contributed by atoms with E-state index in [9.17, 15) is 0 Å². The number of benzene rings is 16. The van der Waals surface area contributed by atoms with Gasteiger partial charge in [0.2, 0.25) is 5.28 Å². The molecule has 20 aromatic rings. The molecule has 16 aromatic carbocycles. The minimum absolute atomic E-state index is 0.189. The molecule has 0 unspecified atom stereocenters. The normalized spacial score (nSPS) is 14.1. The molecule has 0 atom stereocenters. The van der Waals surface area contributed by atoms with Crippen molar-refractivity contribution in [2.75, 3.05) is 0 Å². The van der Waals surface area contributed by atoms with Crippen LogP contribution >= 0.6 is 34.3 Å². The van der Waals surface area contributed by atoms with Crippen molar-refractivity contribution in [3.05, 3.63) is 450 Å². The largest absolute Gasteiger partial charge is 0.494 e. The maximum Gasteiger partial charge on any atom is 0.494 e. The van der Waals surface area contributed by atoms with Gasteiger partial charge in [0.05, 0.1) is 22.0 Å². The van der Waals surface area contributed by atoms with E-state index >= 15 is 0 Å². The molecule has 8 nitrogen and oxygen atoms in total. The molecule has 1 fully saturated rings. The minimum Gasteiger partial charge on any atom is -0.399 e. The molecule has 1 aliphatic heterocycles. The molecule has 0 N–H and O–H groups in total. The quantitative estimate of drug-likeness (QED) is 0.112. The molecule has 122 heavy (non-hydrogen) atoms. The summed E-state index contributed by atoms with van der Waals surface area (Å²) in [6.45, 7) is 8.42. The van der Waals surface area contributed by atoms with Crippen LogP contribution in [0.3, 0.4) is 0 Å². The second-order valence-electron chi connectivity index (χ2n) is 32.3. The van der Waals surface area contributed by atoms with E-state index in [1.165, 1.54) is 107 Å². The maximum atomic E-state index is 6.39. The first-order chi connectivity index (χ1) is 59.8. The van der Waals surface area contributed by atoms with Crippen molar-refractivity contribution in [2.24, 2.45) is 0 Å². The summed E-state index contributed by atoms with van der Waals surface area (Å²) in [6, 6.07) is 142. The Morgan fingerprint density at radius 1 is 0.238 bits per heavy atom. The van der Waals surface area contributed by atoms with E-state index in [0.29, 0.717) is 29.1 Å². The summed E-state index contributed by atoms with van der Waals surface area (Å²) in [7, 11) is -0.386. The Hall–Kier alpha value is -13.7. The van der Waals surface area contributed by atoms with Crippen LogP contribution in [-0.2, 0) is 20.1 Å². The highest BCUT2D eigenvalue weighted by Crippen LogP contribution is 2.59. The van der Waals surface area contributed by atoms with Gasteiger partial charge < -0.3 is 9.31 Å². The van der Waals surface area contributed by atoms with Gasteiger partial charge in [-0.2, -0.15) is 9.97 Å². The average molecular weight is 1630 g/mol. The van der Waals surface area contributed by atoms with Crippen LogP contribution in [0.5, 0.6) is 0 Å². The Morgan fingerprint density at radius 3 is 0.926 bits per heavy atom. The fourth-order valence-electron chi connectivity index (χ4n) is 18.2. The van der Waals surface area contributed by atoms with Gasteiger partial charge in [-0.05, 0) is 170 Å². The zero-order chi connectivity index (χ0) is 82.1. The fourth-order valence-corrected chi connectivity index (χ4v) is 20.6. The van der Waals surface area contributed by atoms with E-state index in [4.69, 9.17) is 35.9 Å². The van der Waals surface area contributed by atoms with Crippen LogP contribution in [0.1, 0.15) is 72.2 Å². The lowest BCUT2D eigenvalue weighted by molar-refractivity contribution is 0.00578. The van der Waals surface area contributed by atoms with Crippen LogP contribution in [0.2, 0.25) is 5.28 Å². The molecule has 4 aromatic heterocycles. The second kappa shape index (κ2) is 31.1. The Bertz CT molecular complexity index is 7260. The Kier molecular flexibility index (Phi) is 19.3. The summed E-state index contributed by atoms with van der Waals surface area (Å²) in [5.74, 6) is 3.06. The topological polar surface area (TPSA) is 95.8 Å². The number of rotatable bonds is 12. The number of hydrogen-bond acceptors (Lipinski definition) is 10. The van der Waals surface area contributed by atoms with Crippen LogP contribution in [0.4, 0.5) is 0 Å². The molecule has 1 saturated heterocycles. The number of nitrogens with zero attached hydrogens (tertiary/aromatic N) is 6. The van der Waals surface area contributed by atoms with Crippen LogP contribution in [0.15, 0.2) is 400 Å².